The molecule has 162 valence electrons. The molecule has 0 bridgehead atoms. The lowest BCUT2D eigenvalue weighted by molar-refractivity contribution is 0.102. The fourth-order valence-electron chi connectivity index (χ4n) is 3.91. The minimum atomic E-state index is 0.0316. The molecule has 5 nitrogen and oxygen atoms in total. The first-order valence-electron chi connectivity index (χ1n) is 10.5. The molecule has 0 fully saturated rings. The highest BCUT2D eigenvalue weighted by molar-refractivity contribution is 8.00. The van der Waals surface area contributed by atoms with E-state index in [2.05, 4.69) is 18.0 Å². The topological polar surface area (TPSA) is 66.2 Å². The maximum absolute atomic E-state index is 12.7. The Morgan fingerprint density at radius 2 is 1.91 bits per heavy atom. The quantitative estimate of drug-likeness (QED) is 0.399. The molecule has 1 aliphatic heterocycles. The van der Waals surface area contributed by atoms with Crippen molar-refractivity contribution < 1.29 is 9.53 Å². The first kappa shape index (κ1) is 22.1. The van der Waals surface area contributed by atoms with Gasteiger partial charge in [0.15, 0.2) is 5.78 Å². The Morgan fingerprint density at radius 1 is 1.19 bits per heavy atom. The van der Waals surface area contributed by atoms with E-state index in [0.29, 0.717) is 16.2 Å². The number of carbonyl (C=O) groups is 1. The van der Waals surface area contributed by atoms with E-state index in [1.54, 1.807) is 7.11 Å². The standard InChI is InChI=1S/C26H25N3O2S/c1-17-4-6-18(7-5-17)24(30)16-32-26-21(14-27)25(19-8-10-20(31-3)11-9-19)22-15-29(2)13-12-23(22)28-26/h4-11H,12-13,15-16H2,1-3H3. The fraction of sp³-hybridized carbons (Fsp3) is 0.269. The van der Waals surface area contributed by atoms with E-state index < -0.39 is 0 Å². The summed E-state index contributed by atoms with van der Waals surface area (Å²) in [4.78, 5) is 19.8. The number of rotatable bonds is 6. The number of benzene rings is 2. The number of ether oxygens (including phenoxy) is 1. The average molecular weight is 444 g/mol. The van der Waals surface area contributed by atoms with E-state index in [1.165, 1.54) is 11.8 Å². The maximum atomic E-state index is 12.7. The van der Waals surface area contributed by atoms with Crippen molar-refractivity contribution >= 4 is 17.5 Å². The van der Waals surface area contributed by atoms with Gasteiger partial charge in [-0.25, -0.2) is 4.98 Å². The number of likely N-dealkylation sites (N-methyl/N-ethyl adjacent to an activating group) is 1. The summed E-state index contributed by atoms with van der Waals surface area (Å²) in [6.07, 6.45) is 0.820. The van der Waals surface area contributed by atoms with Crippen LogP contribution in [0.3, 0.4) is 0 Å². The summed E-state index contributed by atoms with van der Waals surface area (Å²) < 4.78 is 5.30. The van der Waals surface area contributed by atoms with Crippen LogP contribution in [0.5, 0.6) is 5.75 Å². The van der Waals surface area contributed by atoms with Gasteiger partial charge in [0.05, 0.1) is 18.4 Å². The second-order valence-electron chi connectivity index (χ2n) is 8.00. The summed E-state index contributed by atoms with van der Waals surface area (Å²) in [5, 5.41) is 10.7. The van der Waals surface area contributed by atoms with Crippen molar-refractivity contribution in [3.63, 3.8) is 0 Å². The van der Waals surface area contributed by atoms with Crippen LogP contribution in [0.1, 0.15) is 32.7 Å². The zero-order valence-electron chi connectivity index (χ0n) is 18.5. The minimum Gasteiger partial charge on any atom is -0.497 e. The van der Waals surface area contributed by atoms with Gasteiger partial charge in [0.25, 0.3) is 0 Å². The molecule has 0 radical (unpaired) electrons. The predicted molar refractivity (Wildman–Crippen MR) is 127 cm³/mol. The van der Waals surface area contributed by atoms with E-state index in [1.807, 2.05) is 55.5 Å². The predicted octanol–water partition coefficient (Wildman–Crippen LogP) is 4.90. The summed E-state index contributed by atoms with van der Waals surface area (Å²) in [6.45, 7) is 3.66. The zero-order chi connectivity index (χ0) is 22.7. The number of fused-ring (bicyclic) bond motifs is 1. The van der Waals surface area contributed by atoms with Crippen molar-refractivity contribution in [2.24, 2.45) is 0 Å². The number of thioether (sulfide) groups is 1. The Labute approximate surface area is 193 Å². The number of nitrogens with zero attached hydrogens (tertiary/aromatic N) is 3. The Balaban J connectivity index is 1.73. The number of pyridine rings is 1. The summed E-state index contributed by atoms with van der Waals surface area (Å²) in [5.74, 6) is 1.04. The van der Waals surface area contributed by atoms with Crippen LogP contribution in [-0.4, -0.2) is 42.1 Å². The molecule has 2 heterocycles. The summed E-state index contributed by atoms with van der Waals surface area (Å²) in [7, 11) is 3.72. The molecule has 3 aromatic rings. The monoisotopic (exact) mass is 443 g/mol. The van der Waals surface area contributed by atoms with Gasteiger partial charge in [0.2, 0.25) is 0 Å². The largest absolute Gasteiger partial charge is 0.497 e. The SMILES string of the molecule is COc1ccc(-c2c(C#N)c(SCC(=O)c3ccc(C)cc3)nc3c2CN(C)CC3)cc1. The van der Waals surface area contributed by atoms with Gasteiger partial charge in [-0.2, -0.15) is 5.26 Å². The van der Waals surface area contributed by atoms with E-state index in [0.717, 1.165) is 53.2 Å². The van der Waals surface area contributed by atoms with Crippen LogP contribution in [0.2, 0.25) is 0 Å². The molecular weight excluding hydrogens is 418 g/mol. The van der Waals surface area contributed by atoms with Crippen LogP contribution < -0.4 is 4.74 Å². The van der Waals surface area contributed by atoms with Crippen molar-refractivity contribution in [2.45, 2.75) is 24.9 Å². The van der Waals surface area contributed by atoms with E-state index in [-0.39, 0.29) is 11.5 Å². The smallest absolute Gasteiger partial charge is 0.173 e. The van der Waals surface area contributed by atoms with E-state index in [4.69, 9.17) is 9.72 Å². The van der Waals surface area contributed by atoms with Crippen molar-refractivity contribution in [1.29, 1.82) is 5.26 Å². The van der Waals surface area contributed by atoms with Crippen LogP contribution in [0.4, 0.5) is 0 Å². The van der Waals surface area contributed by atoms with Gasteiger partial charge in [-0.3, -0.25) is 4.79 Å². The van der Waals surface area contributed by atoms with Crippen LogP contribution in [0, 0.1) is 18.3 Å². The van der Waals surface area contributed by atoms with Gasteiger partial charge in [-0.15, -0.1) is 0 Å². The molecule has 32 heavy (non-hydrogen) atoms. The number of methoxy groups -OCH3 is 1. The van der Waals surface area contributed by atoms with E-state index in [9.17, 15) is 10.1 Å². The molecule has 0 saturated heterocycles. The molecule has 1 aliphatic rings. The van der Waals surface area contributed by atoms with Gasteiger partial charge < -0.3 is 9.64 Å². The Kier molecular flexibility index (Phi) is 6.59. The van der Waals surface area contributed by atoms with Crippen molar-refractivity contribution in [3.05, 3.63) is 76.5 Å². The number of carbonyl (C=O) groups excluding carboxylic acids is 1. The fourth-order valence-corrected chi connectivity index (χ4v) is 4.81. The van der Waals surface area contributed by atoms with Gasteiger partial charge in [0.1, 0.15) is 16.8 Å². The number of aryl methyl sites for hydroxylation is 1. The molecule has 2 aromatic carbocycles. The molecule has 4 rings (SSSR count). The van der Waals surface area contributed by atoms with Crippen LogP contribution in [0.25, 0.3) is 11.1 Å². The molecule has 6 heteroatoms. The number of ketones is 1. The first-order valence-corrected chi connectivity index (χ1v) is 11.5. The first-order chi connectivity index (χ1) is 15.5. The third-order valence-electron chi connectivity index (χ3n) is 5.71. The van der Waals surface area contributed by atoms with Gasteiger partial charge in [0, 0.05) is 36.3 Å². The number of hydrogen-bond acceptors (Lipinski definition) is 6. The Hall–Kier alpha value is -3.14. The summed E-state index contributed by atoms with van der Waals surface area (Å²) in [6, 6.07) is 17.7. The maximum Gasteiger partial charge on any atom is 0.173 e. The Morgan fingerprint density at radius 3 is 2.56 bits per heavy atom. The van der Waals surface area contributed by atoms with Gasteiger partial charge >= 0.3 is 0 Å². The second-order valence-corrected chi connectivity index (χ2v) is 8.96. The summed E-state index contributed by atoms with van der Waals surface area (Å²) in [5.41, 5.74) is 6.31. The zero-order valence-corrected chi connectivity index (χ0v) is 19.3. The van der Waals surface area contributed by atoms with Crippen molar-refractivity contribution in [1.82, 2.24) is 9.88 Å². The van der Waals surface area contributed by atoms with Crippen molar-refractivity contribution in [3.8, 4) is 22.9 Å². The van der Waals surface area contributed by atoms with Gasteiger partial charge in [-0.1, -0.05) is 53.7 Å². The highest BCUT2D eigenvalue weighted by Gasteiger charge is 2.25. The number of aromatic nitrogens is 1. The number of hydrogen-bond donors (Lipinski definition) is 0. The minimum absolute atomic E-state index is 0.0316. The third-order valence-corrected chi connectivity index (χ3v) is 6.69. The van der Waals surface area contributed by atoms with Crippen LogP contribution in [0.15, 0.2) is 53.6 Å². The van der Waals surface area contributed by atoms with Gasteiger partial charge in [-0.05, 0) is 37.2 Å². The molecular formula is C26H25N3O2S. The lowest BCUT2D eigenvalue weighted by Gasteiger charge is -2.28. The molecule has 0 unspecified atom stereocenters. The molecule has 0 aliphatic carbocycles. The molecule has 1 aromatic heterocycles. The number of nitriles is 1. The average Bonchev–Trinajstić information content (AvgIpc) is 2.82. The second kappa shape index (κ2) is 9.56. The Bertz CT molecular complexity index is 1180. The van der Waals surface area contributed by atoms with Crippen molar-refractivity contribution in [2.75, 3.05) is 26.5 Å². The highest BCUT2D eigenvalue weighted by atomic mass is 32.2. The molecule has 0 atom stereocenters. The molecule has 0 amide bonds. The molecule has 0 N–H and O–H groups in total. The lowest BCUT2D eigenvalue weighted by atomic mass is 9.92. The number of Topliss-reactive ketones (excluding diaryl/α,β-unsaturated/α-hetero) is 1. The summed E-state index contributed by atoms with van der Waals surface area (Å²) >= 11 is 1.35. The molecule has 0 spiro atoms. The molecule has 0 saturated carbocycles. The van der Waals surface area contributed by atoms with Crippen LogP contribution >= 0.6 is 11.8 Å². The third kappa shape index (κ3) is 4.55. The van der Waals surface area contributed by atoms with Crippen LogP contribution in [-0.2, 0) is 13.0 Å². The highest BCUT2D eigenvalue weighted by Crippen LogP contribution is 2.37. The van der Waals surface area contributed by atoms with E-state index >= 15 is 0 Å². The lowest BCUT2D eigenvalue weighted by Crippen LogP contribution is -2.28. The normalized spacial score (nSPS) is 13.3.